The highest BCUT2D eigenvalue weighted by Gasteiger charge is 2.36. The molecule has 0 bridgehead atoms. The fourth-order valence-corrected chi connectivity index (χ4v) is 3.01. The predicted octanol–water partition coefficient (Wildman–Crippen LogP) is 4.11. The molecule has 1 nitrogen and oxygen atoms in total. The third-order valence-electron chi connectivity index (χ3n) is 4.75. The summed E-state index contributed by atoms with van der Waals surface area (Å²) in [5, 5.41) is 0. The fraction of sp³-hybridized carbons (Fsp3) is 1.00. The first-order chi connectivity index (χ1) is 6.93. The SMILES string of the molecule is CCCC1(N)CCC(C(C)(C)CC)CC1. The van der Waals surface area contributed by atoms with E-state index in [-0.39, 0.29) is 5.54 Å². The molecule has 1 rings (SSSR count). The first-order valence-electron chi connectivity index (χ1n) is 6.72. The van der Waals surface area contributed by atoms with Gasteiger partial charge in [0.1, 0.15) is 0 Å². The summed E-state index contributed by atoms with van der Waals surface area (Å²) in [6.07, 6.45) is 8.92. The van der Waals surface area contributed by atoms with Gasteiger partial charge in [-0.25, -0.2) is 0 Å². The molecule has 0 aromatic carbocycles. The molecule has 90 valence electrons. The van der Waals surface area contributed by atoms with Crippen LogP contribution in [-0.4, -0.2) is 5.54 Å². The van der Waals surface area contributed by atoms with Crippen molar-refractivity contribution in [2.75, 3.05) is 0 Å². The summed E-state index contributed by atoms with van der Waals surface area (Å²) in [6, 6.07) is 0. The Hall–Kier alpha value is -0.0400. The molecule has 15 heavy (non-hydrogen) atoms. The van der Waals surface area contributed by atoms with Gasteiger partial charge in [0.05, 0.1) is 0 Å². The quantitative estimate of drug-likeness (QED) is 0.744. The van der Waals surface area contributed by atoms with E-state index in [4.69, 9.17) is 5.73 Å². The second-order valence-electron chi connectivity index (χ2n) is 6.23. The van der Waals surface area contributed by atoms with Crippen molar-refractivity contribution in [2.45, 2.75) is 78.2 Å². The van der Waals surface area contributed by atoms with Crippen LogP contribution in [0.1, 0.15) is 72.6 Å². The molecule has 0 aromatic rings. The van der Waals surface area contributed by atoms with Crippen molar-refractivity contribution >= 4 is 0 Å². The molecule has 1 heteroatoms. The minimum absolute atomic E-state index is 0.176. The van der Waals surface area contributed by atoms with E-state index in [1.54, 1.807) is 0 Å². The van der Waals surface area contributed by atoms with Crippen molar-refractivity contribution in [2.24, 2.45) is 17.1 Å². The Morgan fingerprint density at radius 3 is 2.13 bits per heavy atom. The number of nitrogens with two attached hydrogens (primary N) is 1. The zero-order valence-electron chi connectivity index (χ0n) is 11.1. The van der Waals surface area contributed by atoms with Crippen LogP contribution in [0, 0.1) is 11.3 Å². The molecule has 0 aromatic heterocycles. The smallest absolute Gasteiger partial charge is 0.0154 e. The van der Waals surface area contributed by atoms with Crippen LogP contribution in [0.2, 0.25) is 0 Å². The molecule has 1 aliphatic carbocycles. The van der Waals surface area contributed by atoms with Gasteiger partial charge in [-0.1, -0.05) is 40.5 Å². The van der Waals surface area contributed by atoms with Crippen LogP contribution in [0.5, 0.6) is 0 Å². The molecule has 2 N–H and O–H groups in total. The summed E-state index contributed by atoms with van der Waals surface area (Å²) in [4.78, 5) is 0. The topological polar surface area (TPSA) is 26.0 Å². The van der Waals surface area contributed by atoms with Crippen molar-refractivity contribution in [3.8, 4) is 0 Å². The number of hydrogen-bond acceptors (Lipinski definition) is 1. The summed E-state index contributed by atoms with van der Waals surface area (Å²) < 4.78 is 0. The maximum Gasteiger partial charge on any atom is 0.0154 e. The average Bonchev–Trinajstić information content (AvgIpc) is 2.18. The lowest BCUT2D eigenvalue weighted by Crippen LogP contribution is -2.45. The van der Waals surface area contributed by atoms with Gasteiger partial charge in [0.25, 0.3) is 0 Å². The molecule has 0 radical (unpaired) electrons. The molecule has 1 aliphatic rings. The highest BCUT2D eigenvalue weighted by atomic mass is 14.7. The Kier molecular flexibility index (Phi) is 4.22. The molecule has 0 aliphatic heterocycles. The molecule has 0 saturated heterocycles. The Morgan fingerprint density at radius 1 is 1.20 bits per heavy atom. The molecule has 0 unspecified atom stereocenters. The Labute approximate surface area is 95.8 Å². The van der Waals surface area contributed by atoms with Crippen molar-refractivity contribution < 1.29 is 0 Å². The van der Waals surface area contributed by atoms with Crippen LogP contribution < -0.4 is 5.73 Å². The van der Waals surface area contributed by atoms with E-state index in [0.29, 0.717) is 5.41 Å². The Balaban J connectivity index is 2.48. The van der Waals surface area contributed by atoms with Crippen LogP contribution in [0.25, 0.3) is 0 Å². The highest BCUT2D eigenvalue weighted by Crippen LogP contribution is 2.43. The summed E-state index contributed by atoms with van der Waals surface area (Å²) >= 11 is 0. The Bertz CT molecular complexity index is 188. The predicted molar refractivity (Wildman–Crippen MR) is 67.9 cm³/mol. The van der Waals surface area contributed by atoms with E-state index in [9.17, 15) is 0 Å². The van der Waals surface area contributed by atoms with Crippen LogP contribution in [0.15, 0.2) is 0 Å². The van der Waals surface area contributed by atoms with Gasteiger partial charge in [0, 0.05) is 5.54 Å². The van der Waals surface area contributed by atoms with Crippen LogP contribution in [0.3, 0.4) is 0 Å². The molecular weight excluding hydrogens is 182 g/mol. The molecule has 0 atom stereocenters. The van der Waals surface area contributed by atoms with E-state index < -0.39 is 0 Å². The lowest BCUT2D eigenvalue weighted by molar-refractivity contribution is 0.111. The highest BCUT2D eigenvalue weighted by molar-refractivity contribution is 4.92. The van der Waals surface area contributed by atoms with Gasteiger partial charge in [-0.3, -0.25) is 0 Å². The summed E-state index contributed by atoms with van der Waals surface area (Å²) in [5.41, 5.74) is 7.11. The van der Waals surface area contributed by atoms with Gasteiger partial charge in [-0.15, -0.1) is 0 Å². The molecular formula is C14H29N. The maximum absolute atomic E-state index is 6.42. The normalized spacial score (nSPS) is 33.0. The zero-order chi connectivity index (χ0) is 11.5. The second kappa shape index (κ2) is 4.86. The third-order valence-corrected chi connectivity index (χ3v) is 4.75. The lowest BCUT2D eigenvalue weighted by atomic mass is 9.65. The largest absolute Gasteiger partial charge is 0.325 e. The third kappa shape index (κ3) is 3.21. The monoisotopic (exact) mass is 211 g/mol. The molecule has 0 amide bonds. The van der Waals surface area contributed by atoms with Crippen LogP contribution in [0.4, 0.5) is 0 Å². The van der Waals surface area contributed by atoms with Gasteiger partial charge in [0.15, 0.2) is 0 Å². The van der Waals surface area contributed by atoms with E-state index in [0.717, 1.165) is 5.92 Å². The van der Waals surface area contributed by atoms with E-state index in [2.05, 4.69) is 27.7 Å². The molecule has 0 heterocycles. The average molecular weight is 211 g/mol. The Morgan fingerprint density at radius 2 is 1.73 bits per heavy atom. The van der Waals surface area contributed by atoms with Crippen molar-refractivity contribution in [3.05, 3.63) is 0 Å². The molecule has 1 saturated carbocycles. The van der Waals surface area contributed by atoms with Gasteiger partial charge in [-0.2, -0.15) is 0 Å². The number of rotatable bonds is 4. The van der Waals surface area contributed by atoms with Crippen molar-refractivity contribution in [1.82, 2.24) is 0 Å². The first kappa shape index (κ1) is 13.0. The van der Waals surface area contributed by atoms with Gasteiger partial charge >= 0.3 is 0 Å². The van der Waals surface area contributed by atoms with Crippen LogP contribution in [-0.2, 0) is 0 Å². The first-order valence-corrected chi connectivity index (χ1v) is 6.72. The zero-order valence-corrected chi connectivity index (χ0v) is 11.1. The van der Waals surface area contributed by atoms with Crippen molar-refractivity contribution in [1.29, 1.82) is 0 Å². The molecule has 0 spiro atoms. The standard InChI is InChI=1S/C14H29N/c1-5-9-14(15)10-7-12(8-11-14)13(3,4)6-2/h12H,5-11,15H2,1-4H3. The minimum atomic E-state index is 0.176. The van der Waals surface area contributed by atoms with Crippen molar-refractivity contribution in [3.63, 3.8) is 0 Å². The summed E-state index contributed by atoms with van der Waals surface area (Å²) in [7, 11) is 0. The summed E-state index contributed by atoms with van der Waals surface area (Å²) in [6.45, 7) is 9.40. The fourth-order valence-electron chi connectivity index (χ4n) is 3.01. The molecule has 1 fully saturated rings. The minimum Gasteiger partial charge on any atom is -0.325 e. The van der Waals surface area contributed by atoms with E-state index >= 15 is 0 Å². The summed E-state index contributed by atoms with van der Waals surface area (Å²) in [5.74, 6) is 0.899. The van der Waals surface area contributed by atoms with Gasteiger partial charge < -0.3 is 5.73 Å². The van der Waals surface area contributed by atoms with Gasteiger partial charge in [-0.05, 0) is 43.4 Å². The van der Waals surface area contributed by atoms with E-state index in [1.807, 2.05) is 0 Å². The lowest BCUT2D eigenvalue weighted by Gasteiger charge is -2.43. The van der Waals surface area contributed by atoms with Gasteiger partial charge in [0.2, 0.25) is 0 Å². The van der Waals surface area contributed by atoms with Crippen LogP contribution >= 0.6 is 0 Å². The maximum atomic E-state index is 6.42. The van der Waals surface area contributed by atoms with E-state index in [1.165, 1.54) is 44.9 Å². The second-order valence-corrected chi connectivity index (χ2v) is 6.23. The number of hydrogen-bond donors (Lipinski definition) is 1.